The third-order valence-corrected chi connectivity index (χ3v) is 6.89. The van der Waals surface area contributed by atoms with Crippen LogP contribution in [-0.4, -0.2) is 30.8 Å². The first-order chi connectivity index (χ1) is 17.9. The van der Waals surface area contributed by atoms with E-state index in [1.807, 2.05) is 56.3 Å². The third-order valence-electron chi connectivity index (χ3n) is 6.89. The molecule has 4 N–H and O–H groups in total. The number of nitrogens with two attached hydrogens (primary N) is 1. The normalized spacial score (nSPS) is 15.5. The zero-order valence-corrected chi connectivity index (χ0v) is 22.7. The molecule has 0 bridgehead atoms. The lowest BCUT2D eigenvalue weighted by atomic mass is 9.86. The van der Waals surface area contributed by atoms with Crippen LogP contribution in [0.1, 0.15) is 72.5 Å². The summed E-state index contributed by atoms with van der Waals surface area (Å²) >= 11 is 0. The van der Waals surface area contributed by atoms with Gasteiger partial charge < -0.3 is 16.4 Å². The van der Waals surface area contributed by atoms with E-state index in [1.54, 1.807) is 30.3 Å². The molecule has 3 amide bonds. The predicted molar refractivity (Wildman–Crippen MR) is 151 cm³/mol. The molecule has 0 aromatic heterocycles. The fourth-order valence-corrected chi connectivity index (χ4v) is 4.35. The van der Waals surface area contributed by atoms with Crippen molar-refractivity contribution in [2.45, 2.75) is 46.1 Å². The number of nitrogens with zero attached hydrogens (tertiary/aromatic N) is 1. The Kier molecular flexibility index (Phi) is 7.42. The van der Waals surface area contributed by atoms with E-state index in [1.165, 1.54) is 4.90 Å². The highest BCUT2D eigenvalue weighted by molar-refractivity contribution is 6.17. The zero-order chi connectivity index (χ0) is 27.7. The van der Waals surface area contributed by atoms with Crippen LogP contribution in [0.15, 0.2) is 72.8 Å². The summed E-state index contributed by atoms with van der Waals surface area (Å²) in [6, 6.07) is 20.9. The van der Waals surface area contributed by atoms with Gasteiger partial charge in [-0.05, 0) is 58.8 Å². The molecule has 38 heavy (non-hydrogen) atoms. The molecular formula is C31H36N4O3. The molecule has 1 unspecified atom stereocenters. The van der Waals surface area contributed by atoms with Crippen LogP contribution in [-0.2, 0) is 10.2 Å². The molecule has 1 aliphatic heterocycles. The quantitative estimate of drug-likeness (QED) is 0.430. The molecule has 0 saturated heterocycles. The Morgan fingerprint density at radius 3 is 2.16 bits per heavy atom. The van der Waals surface area contributed by atoms with Gasteiger partial charge in [0.05, 0.1) is 11.4 Å². The van der Waals surface area contributed by atoms with Crippen molar-refractivity contribution >= 4 is 29.1 Å². The SMILES string of the molecule is CC(C)(CN)CNC(=O)c1ccc2c(c1)NC(=O)C(c1ccccc1)N2C(=O)c1ccc(C(C)(C)C)cc1. The highest BCUT2D eigenvalue weighted by atomic mass is 16.2. The third kappa shape index (κ3) is 5.63. The zero-order valence-electron chi connectivity index (χ0n) is 22.7. The number of rotatable bonds is 6. The lowest BCUT2D eigenvalue weighted by Crippen LogP contribution is -2.45. The summed E-state index contributed by atoms with van der Waals surface area (Å²) in [4.78, 5) is 41.8. The summed E-state index contributed by atoms with van der Waals surface area (Å²) in [6.07, 6.45) is 0. The van der Waals surface area contributed by atoms with Gasteiger partial charge in [-0.2, -0.15) is 0 Å². The minimum Gasteiger partial charge on any atom is -0.351 e. The Hall–Kier alpha value is -3.97. The molecule has 198 valence electrons. The van der Waals surface area contributed by atoms with Gasteiger partial charge in [-0.3, -0.25) is 19.3 Å². The molecule has 0 radical (unpaired) electrons. The summed E-state index contributed by atoms with van der Waals surface area (Å²) in [7, 11) is 0. The molecular weight excluding hydrogens is 476 g/mol. The summed E-state index contributed by atoms with van der Waals surface area (Å²) in [5.74, 6) is -0.910. The van der Waals surface area contributed by atoms with Crippen molar-refractivity contribution in [1.29, 1.82) is 0 Å². The van der Waals surface area contributed by atoms with Gasteiger partial charge in [-0.15, -0.1) is 0 Å². The summed E-state index contributed by atoms with van der Waals surface area (Å²) < 4.78 is 0. The van der Waals surface area contributed by atoms with E-state index in [-0.39, 0.29) is 28.6 Å². The van der Waals surface area contributed by atoms with Gasteiger partial charge in [-0.25, -0.2) is 0 Å². The van der Waals surface area contributed by atoms with Gasteiger partial charge in [0.1, 0.15) is 6.04 Å². The Balaban J connectivity index is 1.73. The number of hydrogen-bond donors (Lipinski definition) is 3. The summed E-state index contributed by atoms with van der Waals surface area (Å²) in [5, 5.41) is 5.83. The van der Waals surface area contributed by atoms with Crippen LogP contribution in [0.3, 0.4) is 0 Å². The molecule has 3 aromatic carbocycles. The minimum atomic E-state index is -0.858. The lowest BCUT2D eigenvalue weighted by molar-refractivity contribution is -0.117. The fourth-order valence-electron chi connectivity index (χ4n) is 4.35. The molecule has 0 aliphatic carbocycles. The van der Waals surface area contributed by atoms with Gasteiger partial charge in [0.25, 0.3) is 17.7 Å². The van der Waals surface area contributed by atoms with Crippen molar-refractivity contribution in [3.8, 4) is 0 Å². The van der Waals surface area contributed by atoms with Crippen LogP contribution in [0.4, 0.5) is 11.4 Å². The van der Waals surface area contributed by atoms with Gasteiger partial charge in [0, 0.05) is 17.7 Å². The maximum absolute atomic E-state index is 14.0. The largest absolute Gasteiger partial charge is 0.351 e. The van der Waals surface area contributed by atoms with Gasteiger partial charge in [-0.1, -0.05) is 77.1 Å². The molecule has 0 fully saturated rings. The van der Waals surface area contributed by atoms with Crippen molar-refractivity contribution in [3.63, 3.8) is 0 Å². The highest BCUT2D eigenvalue weighted by Gasteiger charge is 2.39. The van der Waals surface area contributed by atoms with Gasteiger partial charge in [0.2, 0.25) is 0 Å². The fraction of sp³-hybridized carbons (Fsp3) is 0.323. The minimum absolute atomic E-state index is 0.0535. The first-order valence-electron chi connectivity index (χ1n) is 12.8. The molecule has 7 heteroatoms. The highest BCUT2D eigenvalue weighted by Crippen LogP contribution is 2.40. The van der Waals surface area contributed by atoms with Crippen molar-refractivity contribution in [1.82, 2.24) is 5.32 Å². The van der Waals surface area contributed by atoms with Crippen molar-refractivity contribution in [2.24, 2.45) is 11.1 Å². The predicted octanol–water partition coefficient (Wildman–Crippen LogP) is 5.04. The van der Waals surface area contributed by atoms with Crippen molar-refractivity contribution in [3.05, 3.63) is 95.1 Å². The molecule has 4 rings (SSSR count). The van der Waals surface area contributed by atoms with E-state index in [0.29, 0.717) is 41.2 Å². The van der Waals surface area contributed by atoms with Crippen LogP contribution < -0.4 is 21.3 Å². The summed E-state index contributed by atoms with van der Waals surface area (Å²) in [5.41, 5.74) is 9.09. The van der Waals surface area contributed by atoms with Crippen molar-refractivity contribution in [2.75, 3.05) is 23.3 Å². The molecule has 1 heterocycles. The number of carbonyl (C=O) groups is 3. The standard InChI is InChI=1S/C31H36N4O3/c1-30(2,3)23-14-11-21(12-15-23)29(38)35-25-16-13-22(27(36)33-19-31(4,5)18-32)17-24(25)34-28(37)26(35)20-9-7-6-8-10-20/h6-17,26H,18-19,32H2,1-5H3,(H,33,36)(H,34,37). The smallest absolute Gasteiger partial charge is 0.259 e. The van der Waals surface area contributed by atoms with Gasteiger partial charge in [0.15, 0.2) is 0 Å². The maximum atomic E-state index is 14.0. The first kappa shape index (κ1) is 27.1. The molecule has 0 spiro atoms. The van der Waals surface area contributed by atoms with Crippen LogP contribution in [0.2, 0.25) is 0 Å². The lowest BCUT2D eigenvalue weighted by Gasteiger charge is -2.37. The number of anilines is 2. The number of nitrogens with one attached hydrogen (secondary N) is 2. The number of hydrogen-bond acceptors (Lipinski definition) is 4. The van der Waals surface area contributed by atoms with E-state index >= 15 is 0 Å². The number of carbonyl (C=O) groups excluding carboxylic acids is 3. The van der Waals surface area contributed by atoms with Crippen molar-refractivity contribution < 1.29 is 14.4 Å². The van der Waals surface area contributed by atoms with E-state index in [4.69, 9.17) is 5.73 Å². The van der Waals surface area contributed by atoms with E-state index in [2.05, 4.69) is 31.4 Å². The van der Waals surface area contributed by atoms with Crippen LogP contribution in [0, 0.1) is 5.41 Å². The molecule has 0 saturated carbocycles. The Morgan fingerprint density at radius 2 is 1.55 bits per heavy atom. The second kappa shape index (κ2) is 10.4. The Labute approximate surface area is 224 Å². The van der Waals surface area contributed by atoms with Crippen LogP contribution in [0.25, 0.3) is 0 Å². The Morgan fingerprint density at radius 1 is 0.921 bits per heavy atom. The van der Waals surface area contributed by atoms with E-state index < -0.39 is 6.04 Å². The van der Waals surface area contributed by atoms with Gasteiger partial charge >= 0.3 is 0 Å². The summed E-state index contributed by atoms with van der Waals surface area (Å²) in [6.45, 7) is 11.1. The van der Waals surface area contributed by atoms with Crippen LogP contribution >= 0.6 is 0 Å². The molecule has 1 atom stereocenters. The Bertz CT molecular complexity index is 1340. The number of benzene rings is 3. The molecule has 3 aromatic rings. The second-order valence-corrected chi connectivity index (χ2v) is 11.6. The van der Waals surface area contributed by atoms with E-state index in [9.17, 15) is 14.4 Å². The second-order valence-electron chi connectivity index (χ2n) is 11.6. The average molecular weight is 513 g/mol. The maximum Gasteiger partial charge on any atom is 0.259 e. The number of fused-ring (bicyclic) bond motifs is 1. The number of amides is 3. The van der Waals surface area contributed by atoms with Crippen LogP contribution in [0.5, 0.6) is 0 Å². The van der Waals surface area contributed by atoms with E-state index in [0.717, 1.165) is 5.56 Å². The average Bonchev–Trinajstić information content (AvgIpc) is 2.90. The monoisotopic (exact) mass is 512 g/mol. The topological polar surface area (TPSA) is 105 Å². The first-order valence-corrected chi connectivity index (χ1v) is 12.8. The molecule has 1 aliphatic rings. The molecule has 7 nitrogen and oxygen atoms in total.